The molecule has 84 valence electrons. The zero-order valence-electron chi connectivity index (χ0n) is 8.79. The van der Waals surface area contributed by atoms with Gasteiger partial charge in [0, 0.05) is 11.6 Å². The number of methoxy groups -OCH3 is 1. The zero-order chi connectivity index (χ0) is 11.5. The Labute approximate surface area is 93.1 Å². The van der Waals surface area contributed by atoms with Gasteiger partial charge >= 0.3 is 5.97 Å². The van der Waals surface area contributed by atoms with E-state index in [1.165, 1.54) is 13.2 Å². The van der Waals surface area contributed by atoms with E-state index in [-0.39, 0.29) is 0 Å². The molecular weight excluding hydrogens is 208 g/mol. The number of rotatable bonds is 3. The SMILES string of the molecule is COc1ccccc1[C@H](O)[C@@H]1C=CC(=O)O1. The summed E-state index contributed by atoms with van der Waals surface area (Å²) in [5, 5.41) is 10.0. The largest absolute Gasteiger partial charge is 0.496 e. The number of esters is 1. The smallest absolute Gasteiger partial charge is 0.331 e. The molecule has 1 heterocycles. The lowest BCUT2D eigenvalue weighted by Crippen LogP contribution is -2.18. The van der Waals surface area contributed by atoms with Gasteiger partial charge in [0.15, 0.2) is 6.10 Å². The Balaban J connectivity index is 2.23. The van der Waals surface area contributed by atoms with Gasteiger partial charge in [-0.25, -0.2) is 4.79 Å². The molecule has 0 bridgehead atoms. The van der Waals surface area contributed by atoms with Crippen LogP contribution in [0.1, 0.15) is 11.7 Å². The molecule has 0 aliphatic carbocycles. The molecular formula is C12H12O4. The zero-order valence-corrected chi connectivity index (χ0v) is 8.79. The summed E-state index contributed by atoms with van der Waals surface area (Å²) in [6.07, 6.45) is 1.31. The van der Waals surface area contributed by atoms with Crippen LogP contribution < -0.4 is 4.74 Å². The lowest BCUT2D eigenvalue weighted by atomic mass is 10.0. The number of carbonyl (C=O) groups is 1. The first-order chi connectivity index (χ1) is 7.72. The molecule has 2 atom stereocenters. The molecule has 0 saturated carbocycles. The summed E-state index contributed by atoms with van der Waals surface area (Å²) in [4.78, 5) is 10.9. The van der Waals surface area contributed by atoms with Gasteiger partial charge in [-0.05, 0) is 12.1 Å². The van der Waals surface area contributed by atoms with E-state index in [2.05, 4.69) is 0 Å². The molecule has 0 amide bonds. The summed E-state index contributed by atoms with van der Waals surface area (Å²) >= 11 is 0. The van der Waals surface area contributed by atoms with Crippen molar-refractivity contribution in [2.45, 2.75) is 12.2 Å². The molecule has 1 aromatic carbocycles. The fourth-order valence-electron chi connectivity index (χ4n) is 1.64. The molecule has 0 aromatic heterocycles. The maximum atomic E-state index is 10.9. The van der Waals surface area contributed by atoms with Gasteiger partial charge in [-0.15, -0.1) is 0 Å². The summed E-state index contributed by atoms with van der Waals surface area (Å²) in [6.45, 7) is 0. The number of ether oxygens (including phenoxy) is 2. The van der Waals surface area contributed by atoms with E-state index in [9.17, 15) is 9.90 Å². The van der Waals surface area contributed by atoms with Crippen molar-refractivity contribution >= 4 is 5.97 Å². The quantitative estimate of drug-likeness (QED) is 0.778. The van der Waals surface area contributed by atoms with Crippen LogP contribution in [0, 0.1) is 0 Å². The third kappa shape index (κ3) is 1.92. The van der Waals surface area contributed by atoms with E-state index in [1.807, 2.05) is 6.07 Å². The van der Waals surface area contributed by atoms with Crippen molar-refractivity contribution < 1.29 is 19.4 Å². The third-order valence-electron chi connectivity index (χ3n) is 2.44. The van der Waals surface area contributed by atoms with Crippen molar-refractivity contribution in [3.8, 4) is 5.75 Å². The number of hydrogen-bond acceptors (Lipinski definition) is 4. The van der Waals surface area contributed by atoms with E-state index < -0.39 is 18.2 Å². The third-order valence-corrected chi connectivity index (χ3v) is 2.44. The highest BCUT2D eigenvalue weighted by atomic mass is 16.6. The Morgan fingerprint density at radius 2 is 2.19 bits per heavy atom. The van der Waals surface area contributed by atoms with Crippen LogP contribution in [0.25, 0.3) is 0 Å². The van der Waals surface area contributed by atoms with Gasteiger partial charge in [0.2, 0.25) is 0 Å². The molecule has 0 radical (unpaired) electrons. The van der Waals surface area contributed by atoms with Crippen LogP contribution in [0.3, 0.4) is 0 Å². The predicted molar refractivity (Wildman–Crippen MR) is 57.0 cm³/mol. The highest BCUT2D eigenvalue weighted by molar-refractivity contribution is 5.84. The monoisotopic (exact) mass is 220 g/mol. The second kappa shape index (κ2) is 4.37. The molecule has 0 spiro atoms. The average Bonchev–Trinajstić information content (AvgIpc) is 2.75. The Bertz CT molecular complexity index is 425. The van der Waals surface area contributed by atoms with Gasteiger partial charge in [-0.3, -0.25) is 0 Å². The van der Waals surface area contributed by atoms with Crippen LogP contribution in [0.5, 0.6) is 5.75 Å². The Hall–Kier alpha value is -1.81. The number of cyclic esters (lactones) is 1. The van der Waals surface area contributed by atoms with E-state index in [1.54, 1.807) is 24.3 Å². The molecule has 16 heavy (non-hydrogen) atoms. The highest BCUT2D eigenvalue weighted by Gasteiger charge is 2.27. The Kier molecular flexibility index (Phi) is 2.92. The molecule has 1 aromatic rings. The van der Waals surface area contributed by atoms with Crippen LogP contribution in [0.2, 0.25) is 0 Å². The number of carbonyl (C=O) groups excluding carboxylic acids is 1. The number of para-hydroxylation sites is 1. The molecule has 2 rings (SSSR count). The second-order valence-electron chi connectivity index (χ2n) is 3.45. The summed E-state index contributed by atoms with van der Waals surface area (Å²) < 4.78 is 10.0. The summed E-state index contributed by atoms with van der Waals surface area (Å²) in [5.74, 6) is 0.144. The molecule has 0 unspecified atom stereocenters. The fraction of sp³-hybridized carbons (Fsp3) is 0.250. The van der Waals surface area contributed by atoms with Crippen LogP contribution in [-0.2, 0) is 9.53 Å². The topological polar surface area (TPSA) is 55.8 Å². The van der Waals surface area contributed by atoms with Gasteiger partial charge in [0.25, 0.3) is 0 Å². The molecule has 1 N–H and O–H groups in total. The number of benzene rings is 1. The summed E-state index contributed by atoms with van der Waals surface area (Å²) in [6, 6.07) is 7.09. The molecule has 0 fully saturated rings. The lowest BCUT2D eigenvalue weighted by molar-refractivity contribution is -0.142. The Morgan fingerprint density at radius 1 is 1.44 bits per heavy atom. The average molecular weight is 220 g/mol. The van der Waals surface area contributed by atoms with Crippen LogP contribution in [-0.4, -0.2) is 24.3 Å². The first-order valence-electron chi connectivity index (χ1n) is 4.92. The minimum atomic E-state index is -0.904. The van der Waals surface area contributed by atoms with Gasteiger partial charge in [0.05, 0.1) is 7.11 Å². The van der Waals surface area contributed by atoms with Crippen molar-refractivity contribution in [1.82, 2.24) is 0 Å². The van der Waals surface area contributed by atoms with Crippen LogP contribution in [0.15, 0.2) is 36.4 Å². The minimum Gasteiger partial charge on any atom is -0.496 e. The van der Waals surface area contributed by atoms with Crippen LogP contribution >= 0.6 is 0 Å². The number of aliphatic hydroxyl groups is 1. The van der Waals surface area contributed by atoms with Crippen molar-refractivity contribution in [3.63, 3.8) is 0 Å². The van der Waals surface area contributed by atoms with E-state index in [4.69, 9.17) is 9.47 Å². The predicted octanol–water partition coefficient (Wildman–Crippen LogP) is 1.21. The van der Waals surface area contributed by atoms with Gasteiger partial charge < -0.3 is 14.6 Å². The molecule has 4 nitrogen and oxygen atoms in total. The molecule has 0 saturated heterocycles. The molecule has 1 aliphatic rings. The van der Waals surface area contributed by atoms with E-state index >= 15 is 0 Å². The number of aliphatic hydroxyl groups excluding tert-OH is 1. The van der Waals surface area contributed by atoms with Gasteiger partial charge in [-0.2, -0.15) is 0 Å². The first-order valence-corrected chi connectivity index (χ1v) is 4.92. The molecule has 1 aliphatic heterocycles. The van der Waals surface area contributed by atoms with Crippen molar-refractivity contribution in [3.05, 3.63) is 42.0 Å². The maximum Gasteiger partial charge on any atom is 0.331 e. The second-order valence-corrected chi connectivity index (χ2v) is 3.45. The highest BCUT2D eigenvalue weighted by Crippen LogP contribution is 2.30. The maximum absolute atomic E-state index is 10.9. The summed E-state index contributed by atoms with van der Waals surface area (Å²) in [5.41, 5.74) is 0.606. The van der Waals surface area contributed by atoms with Gasteiger partial charge in [0.1, 0.15) is 11.9 Å². The van der Waals surface area contributed by atoms with E-state index in [0.717, 1.165) is 0 Å². The van der Waals surface area contributed by atoms with Gasteiger partial charge in [-0.1, -0.05) is 18.2 Å². The number of hydrogen-bond donors (Lipinski definition) is 1. The van der Waals surface area contributed by atoms with Crippen molar-refractivity contribution in [2.24, 2.45) is 0 Å². The first kappa shape index (κ1) is 10.7. The standard InChI is InChI=1S/C12H12O4/c1-15-9-5-3-2-4-8(9)12(14)10-6-7-11(13)16-10/h2-7,10,12,14H,1H3/t10-,12-/m0/s1. The minimum absolute atomic E-state index is 0.432. The van der Waals surface area contributed by atoms with Crippen LogP contribution in [0.4, 0.5) is 0 Å². The van der Waals surface area contributed by atoms with E-state index in [0.29, 0.717) is 11.3 Å². The fourth-order valence-corrected chi connectivity index (χ4v) is 1.64. The summed E-state index contributed by atoms with van der Waals surface area (Å²) in [7, 11) is 1.53. The van der Waals surface area contributed by atoms with Crippen molar-refractivity contribution in [2.75, 3.05) is 7.11 Å². The normalized spacial score (nSPS) is 20.6. The molecule has 4 heteroatoms. The Morgan fingerprint density at radius 3 is 2.81 bits per heavy atom. The van der Waals surface area contributed by atoms with Crippen molar-refractivity contribution in [1.29, 1.82) is 0 Å². The lowest BCUT2D eigenvalue weighted by Gasteiger charge is -2.18.